The maximum Gasteiger partial charge on any atom is 0.336 e. The molecule has 0 bridgehead atoms. The summed E-state index contributed by atoms with van der Waals surface area (Å²) in [5.74, 6) is 0. The number of likely N-dealkylation sites (N-methyl/N-ethyl adjacent to an activating group) is 1. The van der Waals surface area contributed by atoms with E-state index in [1.165, 1.54) is 6.92 Å². The van der Waals surface area contributed by atoms with Crippen LogP contribution >= 0.6 is 0 Å². The molecule has 0 radical (unpaired) electrons. The van der Waals surface area contributed by atoms with Gasteiger partial charge in [-0.25, -0.2) is 0 Å². The molecule has 6 nitrogen and oxygen atoms in total. The van der Waals surface area contributed by atoms with Crippen LogP contribution in [0.15, 0.2) is 0 Å². The van der Waals surface area contributed by atoms with Crippen LogP contribution in [0.25, 0.3) is 0 Å². The quantitative estimate of drug-likeness (QED) is 0.363. The number of hydrogen-bond acceptors (Lipinski definition) is 4. The molecule has 0 saturated carbocycles. The van der Waals surface area contributed by atoms with Crippen LogP contribution < -0.4 is 0 Å². The Bertz CT molecular complexity index is 199. The predicted octanol–water partition coefficient (Wildman–Crippen LogP) is -1.58. The highest BCUT2D eigenvalue weighted by Gasteiger charge is 2.18. The smallest absolute Gasteiger partial charge is 0.336 e. The fourth-order valence-electron chi connectivity index (χ4n) is 0.569. The molecule has 0 unspecified atom stereocenters. The van der Waals surface area contributed by atoms with Gasteiger partial charge in [0.25, 0.3) is 0 Å². The zero-order chi connectivity index (χ0) is 9.07. The summed E-state index contributed by atoms with van der Waals surface area (Å²) in [7, 11) is -4.30. The van der Waals surface area contributed by atoms with Crippen molar-refractivity contribution in [2.45, 2.75) is 13.2 Å². The van der Waals surface area contributed by atoms with E-state index in [4.69, 9.17) is 14.8 Å². The summed E-state index contributed by atoms with van der Waals surface area (Å²) in [5, 5.41) is 16.7. The molecule has 0 aromatic heterocycles. The Morgan fingerprint density at radius 2 is 1.91 bits per heavy atom. The number of nitrogens with zero attached hydrogens (tertiary/aromatic N) is 1. The van der Waals surface area contributed by atoms with E-state index in [1.54, 1.807) is 0 Å². The number of aliphatic hydroxyl groups excluding tert-OH is 1. The van der Waals surface area contributed by atoms with Gasteiger partial charge in [0.15, 0.2) is 6.29 Å². The SMILES string of the molecule is CCN(CC(O)O)S(=O)(=O)O. The number of aliphatic hydroxyl groups is 2. The van der Waals surface area contributed by atoms with Crippen LogP contribution in [0.2, 0.25) is 0 Å². The Morgan fingerprint density at radius 3 is 2.00 bits per heavy atom. The first kappa shape index (κ1) is 10.8. The molecule has 0 fully saturated rings. The average Bonchev–Trinajstić information content (AvgIpc) is 1.79. The molecule has 0 aliphatic rings. The zero-order valence-corrected chi connectivity index (χ0v) is 6.82. The summed E-state index contributed by atoms with van der Waals surface area (Å²) < 4.78 is 29.7. The minimum absolute atomic E-state index is 0.00352. The van der Waals surface area contributed by atoms with E-state index >= 15 is 0 Å². The lowest BCUT2D eigenvalue weighted by Gasteiger charge is -2.16. The Kier molecular flexibility index (Phi) is 3.90. The first-order chi connectivity index (χ1) is 4.88. The molecule has 7 heteroatoms. The van der Waals surface area contributed by atoms with Crippen molar-refractivity contribution in [1.82, 2.24) is 4.31 Å². The van der Waals surface area contributed by atoms with E-state index in [0.29, 0.717) is 4.31 Å². The summed E-state index contributed by atoms with van der Waals surface area (Å²) in [4.78, 5) is 0. The zero-order valence-electron chi connectivity index (χ0n) is 6.01. The molecule has 0 aromatic rings. The van der Waals surface area contributed by atoms with E-state index in [9.17, 15) is 8.42 Å². The van der Waals surface area contributed by atoms with E-state index in [-0.39, 0.29) is 6.54 Å². The topological polar surface area (TPSA) is 98.1 Å². The van der Waals surface area contributed by atoms with E-state index in [0.717, 1.165) is 0 Å². The van der Waals surface area contributed by atoms with Crippen molar-refractivity contribution in [3.8, 4) is 0 Å². The molecule has 11 heavy (non-hydrogen) atoms. The Hall–Kier alpha value is -0.210. The maximum absolute atomic E-state index is 10.4. The van der Waals surface area contributed by atoms with Gasteiger partial charge in [0.05, 0.1) is 6.54 Å². The van der Waals surface area contributed by atoms with Crippen LogP contribution in [0.4, 0.5) is 0 Å². The molecular formula is C4H11NO5S. The molecule has 0 atom stereocenters. The monoisotopic (exact) mass is 185 g/mol. The summed E-state index contributed by atoms with van der Waals surface area (Å²) >= 11 is 0. The molecule has 0 saturated heterocycles. The minimum Gasteiger partial charge on any atom is -0.367 e. The third-order valence-corrected chi connectivity index (χ3v) is 2.11. The summed E-state index contributed by atoms with van der Waals surface area (Å²) in [5.41, 5.74) is 0. The lowest BCUT2D eigenvalue weighted by molar-refractivity contribution is -0.0498. The van der Waals surface area contributed by atoms with E-state index in [1.807, 2.05) is 0 Å². The first-order valence-electron chi connectivity index (χ1n) is 2.96. The molecule has 0 aliphatic carbocycles. The van der Waals surface area contributed by atoms with Crippen LogP contribution in [0.1, 0.15) is 6.92 Å². The van der Waals surface area contributed by atoms with Crippen LogP contribution in [0.5, 0.6) is 0 Å². The highest BCUT2D eigenvalue weighted by atomic mass is 32.2. The molecule has 0 rings (SSSR count). The fraction of sp³-hybridized carbons (Fsp3) is 1.00. The van der Waals surface area contributed by atoms with Gasteiger partial charge in [-0.3, -0.25) is 4.55 Å². The maximum atomic E-state index is 10.4. The van der Waals surface area contributed by atoms with Crippen LogP contribution in [0.3, 0.4) is 0 Å². The van der Waals surface area contributed by atoms with Crippen LogP contribution in [-0.4, -0.2) is 46.9 Å². The first-order valence-corrected chi connectivity index (χ1v) is 4.36. The van der Waals surface area contributed by atoms with Gasteiger partial charge in [-0.2, -0.15) is 12.7 Å². The van der Waals surface area contributed by atoms with Crippen LogP contribution in [-0.2, 0) is 10.3 Å². The third kappa shape index (κ3) is 4.27. The number of rotatable bonds is 4. The van der Waals surface area contributed by atoms with Gasteiger partial charge in [0.2, 0.25) is 0 Å². The molecule has 3 N–H and O–H groups in total. The van der Waals surface area contributed by atoms with Gasteiger partial charge in [0, 0.05) is 6.54 Å². The molecule has 0 heterocycles. The van der Waals surface area contributed by atoms with Gasteiger partial charge in [0.1, 0.15) is 0 Å². The van der Waals surface area contributed by atoms with Gasteiger partial charge < -0.3 is 10.2 Å². The second-order valence-corrected chi connectivity index (χ2v) is 3.32. The second kappa shape index (κ2) is 3.98. The fourth-order valence-corrected chi connectivity index (χ4v) is 1.22. The molecule has 0 amide bonds. The van der Waals surface area contributed by atoms with E-state index in [2.05, 4.69) is 0 Å². The van der Waals surface area contributed by atoms with Crippen molar-refractivity contribution in [3.63, 3.8) is 0 Å². The summed E-state index contributed by atoms with van der Waals surface area (Å²) in [6.45, 7) is 0.946. The van der Waals surface area contributed by atoms with Crippen molar-refractivity contribution in [2.24, 2.45) is 0 Å². The van der Waals surface area contributed by atoms with Crippen molar-refractivity contribution in [2.75, 3.05) is 13.1 Å². The molecule has 0 spiro atoms. The third-order valence-electron chi connectivity index (χ3n) is 1.05. The number of hydrogen-bond donors (Lipinski definition) is 3. The minimum atomic E-state index is -4.30. The van der Waals surface area contributed by atoms with Gasteiger partial charge in [-0.15, -0.1) is 0 Å². The van der Waals surface area contributed by atoms with Crippen LogP contribution in [0, 0.1) is 0 Å². The van der Waals surface area contributed by atoms with Gasteiger partial charge >= 0.3 is 10.3 Å². The normalized spacial score (nSPS) is 12.9. The lowest BCUT2D eigenvalue weighted by atomic mass is 10.6. The predicted molar refractivity (Wildman–Crippen MR) is 37.0 cm³/mol. The second-order valence-electron chi connectivity index (χ2n) is 1.91. The molecule has 0 aliphatic heterocycles. The van der Waals surface area contributed by atoms with E-state index < -0.39 is 23.1 Å². The Labute approximate surface area is 64.9 Å². The van der Waals surface area contributed by atoms with Crippen molar-refractivity contribution in [1.29, 1.82) is 0 Å². The van der Waals surface area contributed by atoms with Gasteiger partial charge in [-0.05, 0) is 0 Å². The summed E-state index contributed by atoms with van der Waals surface area (Å²) in [6, 6.07) is 0. The Balaban J connectivity index is 4.20. The summed E-state index contributed by atoms with van der Waals surface area (Å²) in [6.07, 6.45) is -1.77. The van der Waals surface area contributed by atoms with Crippen molar-refractivity contribution < 1.29 is 23.2 Å². The highest BCUT2D eigenvalue weighted by Crippen LogP contribution is 1.96. The average molecular weight is 185 g/mol. The van der Waals surface area contributed by atoms with Gasteiger partial charge in [-0.1, -0.05) is 6.92 Å². The highest BCUT2D eigenvalue weighted by molar-refractivity contribution is 7.83. The molecule has 68 valence electrons. The Morgan fingerprint density at radius 1 is 1.45 bits per heavy atom. The lowest BCUT2D eigenvalue weighted by Crippen LogP contribution is -2.36. The largest absolute Gasteiger partial charge is 0.367 e. The molecular weight excluding hydrogens is 174 g/mol. The van der Waals surface area contributed by atoms with Crippen molar-refractivity contribution in [3.05, 3.63) is 0 Å². The standard InChI is InChI=1S/C4H11NO5S/c1-2-5(3-4(6)7)11(8,9)10/h4,6-7H,2-3H2,1H3,(H,8,9,10). The van der Waals surface area contributed by atoms with Crippen molar-refractivity contribution >= 4 is 10.3 Å². The molecule has 0 aromatic carbocycles.